The van der Waals surface area contributed by atoms with Gasteiger partial charge in [-0.1, -0.05) is 19.1 Å². The van der Waals surface area contributed by atoms with Gasteiger partial charge in [0.2, 0.25) is 0 Å². The van der Waals surface area contributed by atoms with Crippen LogP contribution in [-0.4, -0.2) is 22.2 Å². The van der Waals surface area contributed by atoms with Gasteiger partial charge in [0.15, 0.2) is 5.75 Å². The van der Waals surface area contributed by atoms with Gasteiger partial charge >= 0.3 is 5.69 Å². The van der Waals surface area contributed by atoms with Crippen molar-refractivity contribution in [3.63, 3.8) is 0 Å². The molecule has 2 aromatic carbocycles. The Bertz CT molecular complexity index is 754. The highest BCUT2D eigenvalue weighted by atomic mass is 16.6. The molecule has 2 rings (SSSR count). The van der Waals surface area contributed by atoms with Crippen molar-refractivity contribution in [2.24, 2.45) is 5.10 Å². The van der Waals surface area contributed by atoms with Gasteiger partial charge in [0.25, 0.3) is 5.91 Å². The van der Waals surface area contributed by atoms with E-state index in [1.165, 1.54) is 24.4 Å². The molecule has 0 unspecified atom stereocenters. The minimum Gasteiger partial charge on any atom is -0.502 e. The number of nitro groups is 1. The summed E-state index contributed by atoms with van der Waals surface area (Å²) in [7, 11) is 0. The Hall–Kier alpha value is -3.22. The second-order valence-corrected chi connectivity index (χ2v) is 4.75. The molecule has 0 aliphatic heterocycles. The first kappa shape index (κ1) is 16.2. The third-order valence-electron chi connectivity index (χ3n) is 3.20. The lowest BCUT2D eigenvalue weighted by molar-refractivity contribution is -0.385. The van der Waals surface area contributed by atoms with Crippen LogP contribution in [0.5, 0.6) is 5.75 Å². The average molecular weight is 313 g/mol. The molecule has 0 bridgehead atoms. The van der Waals surface area contributed by atoms with Gasteiger partial charge in [0.1, 0.15) is 0 Å². The number of aryl methyl sites for hydroxylation is 1. The molecule has 23 heavy (non-hydrogen) atoms. The highest BCUT2D eigenvalue weighted by molar-refractivity contribution is 5.95. The van der Waals surface area contributed by atoms with Crippen molar-refractivity contribution in [2.45, 2.75) is 13.3 Å². The van der Waals surface area contributed by atoms with E-state index in [2.05, 4.69) is 10.5 Å². The quantitative estimate of drug-likeness (QED) is 0.503. The van der Waals surface area contributed by atoms with E-state index in [9.17, 15) is 20.0 Å². The van der Waals surface area contributed by atoms with Crippen LogP contribution in [0.2, 0.25) is 0 Å². The molecule has 7 nitrogen and oxygen atoms in total. The molecule has 0 aromatic heterocycles. The van der Waals surface area contributed by atoms with Crippen molar-refractivity contribution >= 4 is 17.8 Å². The van der Waals surface area contributed by atoms with Crippen LogP contribution < -0.4 is 5.43 Å². The maximum absolute atomic E-state index is 11.9. The number of amides is 1. The summed E-state index contributed by atoms with van der Waals surface area (Å²) in [6, 6.07) is 11.0. The molecular weight excluding hydrogens is 298 g/mol. The number of carbonyl (C=O) groups is 1. The first-order chi connectivity index (χ1) is 11.0. The van der Waals surface area contributed by atoms with Crippen molar-refractivity contribution in [1.82, 2.24) is 5.43 Å². The summed E-state index contributed by atoms with van der Waals surface area (Å²) in [5, 5.41) is 23.8. The van der Waals surface area contributed by atoms with Gasteiger partial charge in [0, 0.05) is 17.2 Å². The number of nitro benzene ring substituents is 1. The SMILES string of the molecule is CCc1ccc(C(=O)N/N=C\c2ccc(O)c([N+](=O)[O-])c2)cc1. The molecule has 0 fully saturated rings. The summed E-state index contributed by atoms with van der Waals surface area (Å²) in [5.74, 6) is -0.801. The fourth-order valence-electron chi connectivity index (χ4n) is 1.89. The standard InChI is InChI=1S/C16H15N3O4/c1-2-11-3-6-13(7-4-11)16(21)18-17-10-12-5-8-15(20)14(9-12)19(22)23/h3-10,20H,2H2,1H3,(H,18,21)/b17-10-. The van der Waals surface area contributed by atoms with Gasteiger partial charge < -0.3 is 5.11 Å². The minimum absolute atomic E-state index is 0.378. The molecule has 0 heterocycles. The maximum atomic E-state index is 11.9. The smallest absolute Gasteiger partial charge is 0.311 e. The molecule has 0 aliphatic rings. The third kappa shape index (κ3) is 4.13. The van der Waals surface area contributed by atoms with Gasteiger partial charge in [0.05, 0.1) is 11.1 Å². The highest BCUT2D eigenvalue weighted by Crippen LogP contribution is 2.25. The summed E-state index contributed by atoms with van der Waals surface area (Å²) in [5.41, 5.74) is 3.91. The Morgan fingerprint density at radius 3 is 2.61 bits per heavy atom. The van der Waals surface area contributed by atoms with Crippen molar-refractivity contribution in [2.75, 3.05) is 0 Å². The molecule has 118 valence electrons. The number of hydrazone groups is 1. The number of aromatic hydroxyl groups is 1. The van der Waals surface area contributed by atoms with Crippen LogP contribution in [0, 0.1) is 10.1 Å². The van der Waals surface area contributed by atoms with Gasteiger partial charge in [-0.05, 0) is 36.2 Å². The zero-order valence-electron chi connectivity index (χ0n) is 12.4. The summed E-state index contributed by atoms with van der Waals surface area (Å²) < 4.78 is 0. The fraction of sp³-hybridized carbons (Fsp3) is 0.125. The van der Waals surface area contributed by atoms with Crippen LogP contribution in [0.3, 0.4) is 0 Å². The number of hydrogen-bond acceptors (Lipinski definition) is 5. The predicted molar refractivity (Wildman–Crippen MR) is 85.6 cm³/mol. The lowest BCUT2D eigenvalue weighted by Gasteiger charge is -2.01. The molecular formula is C16H15N3O4. The molecule has 0 atom stereocenters. The van der Waals surface area contributed by atoms with Crippen LogP contribution in [0.4, 0.5) is 5.69 Å². The number of benzene rings is 2. The number of nitrogens with zero attached hydrogens (tertiary/aromatic N) is 2. The molecule has 0 saturated carbocycles. The van der Waals surface area contributed by atoms with Crippen LogP contribution in [0.1, 0.15) is 28.4 Å². The minimum atomic E-state index is -0.694. The van der Waals surface area contributed by atoms with Crippen LogP contribution >= 0.6 is 0 Å². The van der Waals surface area contributed by atoms with E-state index in [0.717, 1.165) is 12.0 Å². The van der Waals surface area contributed by atoms with Gasteiger partial charge in [-0.25, -0.2) is 5.43 Å². The van der Waals surface area contributed by atoms with Crippen LogP contribution in [0.25, 0.3) is 0 Å². The molecule has 0 saturated heterocycles. The zero-order chi connectivity index (χ0) is 16.8. The molecule has 2 aromatic rings. The third-order valence-corrected chi connectivity index (χ3v) is 3.20. The number of carbonyl (C=O) groups excluding carboxylic acids is 1. The summed E-state index contributed by atoms with van der Waals surface area (Å²) in [4.78, 5) is 21.9. The highest BCUT2D eigenvalue weighted by Gasteiger charge is 2.12. The number of hydrogen-bond donors (Lipinski definition) is 2. The first-order valence-electron chi connectivity index (χ1n) is 6.91. The number of phenolic OH excluding ortho intramolecular Hbond substituents is 1. The Labute approximate surface area is 132 Å². The molecule has 7 heteroatoms. The summed E-state index contributed by atoms with van der Waals surface area (Å²) >= 11 is 0. The second-order valence-electron chi connectivity index (χ2n) is 4.75. The van der Waals surface area contributed by atoms with E-state index in [1.54, 1.807) is 12.1 Å². The zero-order valence-corrected chi connectivity index (χ0v) is 12.4. The van der Waals surface area contributed by atoms with Crippen molar-refractivity contribution < 1.29 is 14.8 Å². The molecule has 0 radical (unpaired) electrons. The van der Waals surface area contributed by atoms with E-state index >= 15 is 0 Å². The maximum Gasteiger partial charge on any atom is 0.311 e. The van der Waals surface area contributed by atoms with E-state index in [1.807, 2.05) is 19.1 Å². The second kappa shape index (κ2) is 7.17. The van der Waals surface area contributed by atoms with Gasteiger partial charge in [-0.2, -0.15) is 5.10 Å². The Morgan fingerprint density at radius 2 is 2.00 bits per heavy atom. The summed E-state index contributed by atoms with van der Waals surface area (Å²) in [6.07, 6.45) is 2.16. The van der Waals surface area contributed by atoms with Gasteiger partial charge in [-0.15, -0.1) is 0 Å². The average Bonchev–Trinajstić information content (AvgIpc) is 2.56. The van der Waals surface area contributed by atoms with Crippen molar-refractivity contribution in [1.29, 1.82) is 0 Å². The van der Waals surface area contributed by atoms with E-state index in [4.69, 9.17) is 0 Å². The van der Waals surface area contributed by atoms with E-state index in [0.29, 0.717) is 11.1 Å². The Kier molecular flexibility index (Phi) is 5.03. The van der Waals surface area contributed by atoms with Crippen LogP contribution in [0.15, 0.2) is 47.6 Å². The summed E-state index contributed by atoms with van der Waals surface area (Å²) in [6.45, 7) is 2.02. The topological polar surface area (TPSA) is 105 Å². The Balaban J connectivity index is 2.04. The van der Waals surface area contributed by atoms with Crippen molar-refractivity contribution in [3.8, 4) is 5.75 Å². The number of phenols is 1. The number of nitrogens with one attached hydrogen (secondary N) is 1. The molecule has 0 aliphatic carbocycles. The van der Waals surface area contributed by atoms with E-state index < -0.39 is 16.4 Å². The van der Waals surface area contributed by atoms with Crippen molar-refractivity contribution in [3.05, 3.63) is 69.3 Å². The van der Waals surface area contributed by atoms with E-state index in [-0.39, 0.29) is 5.91 Å². The normalized spacial score (nSPS) is 10.7. The fourth-order valence-corrected chi connectivity index (χ4v) is 1.89. The molecule has 0 spiro atoms. The molecule has 2 N–H and O–H groups in total. The lowest BCUT2D eigenvalue weighted by atomic mass is 10.1. The first-order valence-corrected chi connectivity index (χ1v) is 6.91. The van der Waals surface area contributed by atoms with Gasteiger partial charge in [-0.3, -0.25) is 14.9 Å². The lowest BCUT2D eigenvalue weighted by Crippen LogP contribution is -2.17. The monoisotopic (exact) mass is 313 g/mol. The van der Waals surface area contributed by atoms with Crippen LogP contribution in [-0.2, 0) is 6.42 Å². The largest absolute Gasteiger partial charge is 0.502 e. The molecule has 1 amide bonds. The Morgan fingerprint density at radius 1 is 1.30 bits per heavy atom. The number of rotatable bonds is 5. The predicted octanol–water partition coefficient (Wildman–Crippen LogP) is 2.63.